The molecule has 1 aromatic rings. The average Bonchev–Trinajstić information content (AvgIpc) is 2.71. The van der Waals surface area contributed by atoms with Crippen LogP contribution in [-0.2, 0) is 17.8 Å². The Kier molecular flexibility index (Phi) is 4.80. The van der Waals surface area contributed by atoms with Crippen molar-refractivity contribution in [3.05, 3.63) is 23.2 Å². The molecule has 0 saturated carbocycles. The summed E-state index contributed by atoms with van der Waals surface area (Å²) in [5, 5.41) is 0. The highest BCUT2D eigenvalue weighted by atomic mass is 16.5. The van der Waals surface area contributed by atoms with Crippen LogP contribution in [0.5, 0.6) is 0 Å². The van der Waals surface area contributed by atoms with E-state index in [1.165, 1.54) is 18.4 Å². The molecule has 2 N–H and O–H groups in total. The second-order valence-corrected chi connectivity index (χ2v) is 5.28. The van der Waals surface area contributed by atoms with Crippen molar-refractivity contribution in [2.24, 2.45) is 11.7 Å². The van der Waals surface area contributed by atoms with Gasteiger partial charge < -0.3 is 19.8 Å². The Morgan fingerprint density at radius 3 is 2.94 bits per heavy atom. The first-order valence-corrected chi connectivity index (χ1v) is 6.73. The lowest BCUT2D eigenvalue weighted by atomic mass is 10.0. The Morgan fingerprint density at radius 1 is 1.50 bits per heavy atom. The molecule has 102 valence electrons. The van der Waals surface area contributed by atoms with Crippen molar-refractivity contribution in [2.75, 3.05) is 26.8 Å². The highest BCUT2D eigenvalue weighted by Crippen LogP contribution is 2.18. The first-order chi connectivity index (χ1) is 8.69. The molecule has 1 unspecified atom stereocenters. The van der Waals surface area contributed by atoms with Gasteiger partial charge in [0.1, 0.15) is 11.5 Å². The maximum atomic E-state index is 5.59. The molecule has 0 bridgehead atoms. The third-order valence-electron chi connectivity index (χ3n) is 3.54. The number of nitrogens with two attached hydrogens (primary N) is 1. The Morgan fingerprint density at radius 2 is 2.33 bits per heavy atom. The molecule has 4 heteroatoms. The van der Waals surface area contributed by atoms with E-state index in [1.54, 1.807) is 0 Å². The van der Waals surface area contributed by atoms with Crippen molar-refractivity contribution >= 4 is 0 Å². The van der Waals surface area contributed by atoms with E-state index in [-0.39, 0.29) is 0 Å². The molecule has 1 aliphatic heterocycles. The molecule has 1 aliphatic rings. The van der Waals surface area contributed by atoms with Gasteiger partial charge in [0.2, 0.25) is 0 Å². The average molecular weight is 252 g/mol. The minimum Gasteiger partial charge on any atom is -0.465 e. The fourth-order valence-corrected chi connectivity index (χ4v) is 2.59. The van der Waals surface area contributed by atoms with Crippen molar-refractivity contribution in [1.82, 2.24) is 4.90 Å². The van der Waals surface area contributed by atoms with Gasteiger partial charge in [-0.25, -0.2) is 0 Å². The summed E-state index contributed by atoms with van der Waals surface area (Å²) in [7, 11) is 2.16. The lowest BCUT2D eigenvalue weighted by Gasteiger charge is -2.26. The third-order valence-corrected chi connectivity index (χ3v) is 3.54. The first kappa shape index (κ1) is 13.6. The Labute approximate surface area is 109 Å². The Balaban J connectivity index is 1.85. The van der Waals surface area contributed by atoms with Crippen molar-refractivity contribution < 1.29 is 9.15 Å². The molecule has 1 fully saturated rings. The number of aryl methyl sites for hydroxylation is 1. The molecular formula is C14H24N2O2. The monoisotopic (exact) mass is 252 g/mol. The van der Waals surface area contributed by atoms with E-state index in [1.807, 2.05) is 6.92 Å². The predicted molar refractivity (Wildman–Crippen MR) is 71.2 cm³/mol. The van der Waals surface area contributed by atoms with Crippen molar-refractivity contribution in [2.45, 2.75) is 32.9 Å². The van der Waals surface area contributed by atoms with Crippen LogP contribution in [0, 0.1) is 12.8 Å². The summed E-state index contributed by atoms with van der Waals surface area (Å²) in [6, 6.07) is 2.07. The minimum atomic E-state index is 0.473. The van der Waals surface area contributed by atoms with Crippen LogP contribution in [0.2, 0.25) is 0 Å². The maximum Gasteiger partial charge on any atom is 0.118 e. The summed E-state index contributed by atoms with van der Waals surface area (Å²) in [5.41, 5.74) is 6.83. The largest absolute Gasteiger partial charge is 0.465 e. The van der Waals surface area contributed by atoms with Crippen molar-refractivity contribution in [3.63, 3.8) is 0 Å². The quantitative estimate of drug-likeness (QED) is 0.869. The van der Waals surface area contributed by atoms with Crippen LogP contribution in [0.4, 0.5) is 0 Å². The zero-order valence-electron chi connectivity index (χ0n) is 11.4. The van der Waals surface area contributed by atoms with Gasteiger partial charge in [0.25, 0.3) is 0 Å². The number of furan rings is 1. The maximum absolute atomic E-state index is 5.59. The molecule has 2 heterocycles. The van der Waals surface area contributed by atoms with Gasteiger partial charge in [0.05, 0.1) is 13.2 Å². The fourth-order valence-electron chi connectivity index (χ4n) is 2.59. The summed E-state index contributed by atoms with van der Waals surface area (Å²) >= 11 is 0. The molecule has 0 aliphatic carbocycles. The topological polar surface area (TPSA) is 51.6 Å². The summed E-state index contributed by atoms with van der Waals surface area (Å²) in [6.07, 6.45) is 2.48. The SMILES string of the molecule is Cc1oc(CN)cc1CN(C)CC1CCCOC1. The normalized spacial score (nSPS) is 20.6. The van der Waals surface area contributed by atoms with Gasteiger partial charge in [-0.05, 0) is 38.8 Å². The number of nitrogens with zero attached hydrogens (tertiary/aromatic N) is 1. The number of rotatable bonds is 5. The molecule has 0 aromatic carbocycles. The van der Waals surface area contributed by atoms with Gasteiger partial charge in [0.15, 0.2) is 0 Å². The van der Waals surface area contributed by atoms with Crippen LogP contribution < -0.4 is 5.73 Å². The molecule has 1 aromatic heterocycles. The van der Waals surface area contributed by atoms with Gasteiger partial charge in [-0.1, -0.05) is 0 Å². The first-order valence-electron chi connectivity index (χ1n) is 6.73. The van der Waals surface area contributed by atoms with E-state index >= 15 is 0 Å². The summed E-state index contributed by atoms with van der Waals surface area (Å²) in [4.78, 5) is 2.34. The van der Waals surface area contributed by atoms with E-state index in [9.17, 15) is 0 Å². The van der Waals surface area contributed by atoms with Crippen LogP contribution in [0.15, 0.2) is 10.5 Å². The number of hydrogen-bond acceptors (Lipinski definition) is 4. The van der Waals surface area contributed by atoms with Gasteiger partial charge in [-0.3, -0.25) is 0 Å². The van der Waals surface area contributed by atoms with Crippen molar-refractivity contribution in [1.29, 1.82) is 0 Å². The number of hydrogen-bond donors (Lipinski definition) is 1. The van der Waals surface area contributed by atoms with E-state index in [0.717, 1.165) is 37.8 Å². The van der Waals surface area contributed by atoms with E-state index in [2.05, 4.69) is 18.0 Å². The van der Waals surface area contributed by atoms with E-state index in [4.69, 9.17) is 14.9 Å². The lowest BCUT2D eigenvalue weighted by molar-refractivity contribution is 0.0411. The summed E-state index contributed by atoms with van der Waals surface area (Å²) in [5.74, 6) is 2.53. The minimum absolute atomic E-state index is 0.473. The molecule has 0 amide bonds. The van der Waals surface area contributed by atoms with Gasteiger partial charge in [-0.2, -0.15) is 0 Å². The molecule has 1 atom stereocenters. The predicted octanol–water partition coefficient (Wildman–Crippen LogP) is 1.91. The van der Waals surface area contributed by atoms with Gasteiger partial charge in [0, 0.05) is 25.3 Å². The van der Waals surface area contributed by atoms with Crippen LogP contribution in [0.25, 0.3) is 0 Å². The Bertz CT molecular complexity index is 370. The van der Waals surface area contributed by atoms with Crippen LogP contribution >= 0.6 is 0 Å². The second-order valence-electron chi connectivity index (χ2n) is 5.28. The molecule has 18 heavy (non-hydrogen) atoms. The third kappa shape index (κ3) is 3.57. The van der Waals surface area contributed by atoms with E-state index < -0.39 is 0 Å². The van der Waals surface area contributed by atoms with Crippen LogP contribution in [-0.4, -0.2) is 31.7 Å². The highest BCUT2D eigenvalue weighted by molar-refractivity contribution is 5.20. The van der Waals surface area contributed by atoms with Gasteiger partial charge >= 0.3 is 0 Å². The highest BCUT2D eigenvalue weighted by Gasteiger charge is 2.17. The lowest BCUT2D eigenvalue weighted by Crippen LogP contribution is -2.30. The zero-order valence-corrected chi connectivity index (χ0v) is 11.4. The number of ether oxygens (including phenoxy) is 1. The van der Waals surface area contributed by atoms with Crippen LogP contribution in [0.3, 0.4) is 0 Å². The van der Waals surface area contributed by atoms with Crippen LogP contribution in [0.1, 0.15) is 29.9 Å². The molecule has 0 spiro atoms. The zero-order chi connectivity index (χ0) is 13.0. The molecule has 4 nitrogen and oxygen atoms in total. The summed E-state index contributed by atoms with van der Waals surface area (Å²) in [6.45, 7) is 6.32. The van der Waals surface area contributed by atoms with Gasteiger partial charge in [-0.15, -0.1) is 0 Å². The fraction of sp³-hybridized carbons (Fsp3) is 0.714. The standard InChI is InChI=1S/C14H24N2O2/c1-11-13(6-14(7-15)18-11)9-16(2)8-12-4-3-5-17-10-12/h6,12H,3-5,7-10,15H2,1-2H3. The molecule has 1 saturated heterocycles. The van der Waals surface area contributed by atoms with E-state index in [0.29, 0.717) is 12.5 Å². The molecule has 2 rings (SSSR count). The second kappa shape index (κ2) is 6.36. The summed E-state index contributed by atoms with van der Waals surface area (Å²) < 4.78 is 11.1. The molecular weight excluding hydrogens is 228 g/mol. The van der Waals surface area contributed by atoms with Crippen molar-refractivity contribution in [3.8, 4) is 0 Å². The molecule has 0 radical (unpaired) electrons. The smallest absolute Gasteiger partial charge is 0.118 e. The Hall–Kier alpha value is -0.840.